The standard InChI is InChI=1S/C13H25N5/c1-4-5-7-15-13(14-3)16-10-12(2)11-18-9-6-8-17-18/h6,8-9,12H,4-5,7,10-11H2,1-3H3,(H2,14,15,16). The number of hydrogen-bond donors (Lipinski definition) is 2. The van der Waals surface area contributed by atoms with Crippen LogP contribution in [0.1, 0.15) is 26.7 Å². The van der Waals surface area contributed by atoms with Crippen LogP contribution in [0.3, 0.4) is 0 Å². The highest BCUT2D eigenvalue weighted by Crippen LogP contribution is 1.97. The van der Waals surface area contributed by atoms with Crippen LogP contribution in [-0.2, 0) is 6.54 Å². The molecule has 0 saturated carbocycles. The maximum Gasteiger partial charge on any atom is 0.190 e. The minimum Gasteiger partial charge on any atom is -0.356 e. The molecule has 0 aromatic carbocycles. The van der Waals surface area contributed by atoms with Gasteiger partial charge in [0.25, 0.3) is 0 Å². The molecule has 5 heteroatoms. The molecule has 2 N–H and O–H groups in total. The van der Waals surface area contributed by atoms with Gasteiger partial charge in [0, 0.05) is 39.1 Å². The average Bonchev–Trinajstić information content (AvgIpc) is 2.86. The highest BCUT2D eigenvalue weighted by atomic mass is 15.3. The third-order valence-electron chi connectivity index (χ3n) is 2.72. The van der Waals surface area contributed by atoms with Crippen molar-refractivity contribution in [2.45, 2.75) is 33.2 Å². The Morgan fingerprint density at radius 3 is 2.89 bits per heavy atom. The van der Waals surface area contributed by atoms with Gasteiger partial charge in [0.15, 0.2) is 5.96 Å². The fourth-order valence-corrected chi connectivity index (χ4v) is 1.67. The molecule has 0 bridgehead atoms. The molecule has 1 aromatic rings. The molecule has 0 aliphatic carbocycles. The van der Waals surface area contributed by atoms with Gasteiger partial charge in [-0.2, -0.15) is 5.10 Å². The number of aromatic nitrogens is 2. The van der Waals surface area contributed by atoms with Crippen molar-refractivity contribution in [2.24, 2.45) is 10.9 Å². The normalized spacial score (nSPS) is 13.4. The predicted molar refractivity (Wildman–Crippen MR) is 75.7 cm³/mol. The van der Waals surface area contributed by atoms with E-state index < -0.39 is 0 Å². The molecule has 1 aromatic heterocycles. The Balaban J connectivity index is 2.21. The van der Waals surface area contributed by atoms with E-state index >= 15 is 0 Å². The zero-order valence-corrected chi connectivity index (χ0v) is 11.7. The Hall–Kier alpha value is -1.52. The Morgan fingerprint density at radius 2 is 2.28 bits per heavy atom. The fourth-order valence-electron chi connectivity index (χ4n) is 1.67. The molecule has 0 fully saturated rings. The molecule has 1 rings (SSSR count). The first-order chi connectivity index (χ1) is 8.76. The quantitative estimate of drug-likeness (QED) is 0.438. The van der Waals surface area contributed by atoms with Crippen molar-refractivity contribution in [1.82, 2.24) is 20.4 Å². The molecular weight excluding hydrogens is 226 g/mol. The summed E-state index contributed by atoms with van der Waals surface area (Å²) in [5, 5.41) is 10.8. The number of aliphatic imine (C=N–C) groups is 1. The van der Waals surface area contributed by atoms with Crippen LogP contribution in [-0.4, -0.2) is 35.9 Å². The number of guanidine groups is 1. The van der Waals surface area contributed by atoms with Crippen molar-refractivity contribution in [3.8, 4) is 0 Å². The lowest BCUT2D eigenvalue weighted by atomic mass is 10.2. The summed E-state index contributed by atoms with van der Waals surface area (Å²) in [6, 6.07) is 1.95. The van der Waals surface area contributed by atoms with E-state index in [9.17, 15) is 0 Å². The molecule has 1 heterocycles. The van der Waals surface area contributed by atoms with Crippen LogP contribution < -0.4 is 10.6 Å². The lowest BCUT2D eigenvalue weighted by Crippen LogP contribution is -2.40. The van der Waals surface area contributed by atoms with Gasteiger partial charge in [-0.05, 0) is 18.4 Å². The zero-order valence-electron chi connectivity index (χ0n) is 11.7. The van der Waals surface area contributed by atoms with Gasteiger partial charge in [0.2, 0.25) is 0 Å². The molecule has 0 aliphatic rings. The van der Waals surface area contributed by atoms with Gasteiger partial charge in [-0.3, -0.25) is 9.67 Å². The van der Waals surface area contributed by atoms with Gasteiger partial charge in [0.1, 0.15) is 0 Å². The van der Waals surface area contributed by atoms with Crippen LogP contribution >= 0.6 is 0 Å². The van der Waals surface area contributed by atoms with Gasteiger partial charge in [-0.1, -0.05) is 20.3 Å². The van der Waals surface area contributed by atoms with Gasteiger partial charge < -0.3 is 10.6 Å². The smallest absolute Gasteiger partial charge is 0.190 e. The number of nitrogens with one attached hydrogen (secondary N) is 2. The summed E-state index contributed by atoms with van der Waals surface area (Å²) >= 11 is 0. The SMILES string of the molecule is CCCCNC(=NC)NCC(C)Cn1cccn1. The van der Waals surface area contributed by atoms with Crippen molar-refractivity contribution in [2.75, 3.05) is 20.1 Å². The summed E-state index contributed by atoms with van der Waals surface area (Å²) in [6.45, 7) is 7.18. The van der Waals surface area contributed by atoms with Crippen LogP contribution in [0.25, 0.3) is 0 Å². The first kappa shape index (κ1) is 14.5. The highest BCUT2D eigenvalue weighted by molar-refractivity contribution is 5.79. The third kappa shape index (κ3) is 5.70. The Kier molecular flexibility index (Phi) is 6.91. The topological polar surface area (TPSA) is 54.2 Å². The number of unbranched alkanes of at least 4 members (excludes halogenated alkanes) is 1. The van der Waals surface area contributed by atoms with Crippen molar-refractivity contribution in [1.29, 1.82) is 0 Å². The highest BCUT2D eigenvalue weighted by Gasteiger charge is 2.04. The summed E-state index contributed by atoms with van der Waals surface area (Å²) in [5.41, 5.74) is 0. The summed E-state index contributed by atoms with van der Waals surface area (Å²) < 4.78 is 1.96. The van der Waals surface area contributed by atoms with Gasteiger partial charge in [-0.15, -0.1) is 0 Å². The number of hydrogen-bond acceptors (Lipinski definition) is 2. The second-order valence-corrected chi connectivity index (χ2v) is 4.57. The molecule has 0 spiro atoms. The molecule has 0 radical (unpaired) electrons. The Bertz CT molecular complexity index is 331. The average molecular weight is 251 g/mol. The fraction of sp³-hybridized carbons (Fsp3) is 0.692. The molecule has 0 saturated heterocycles. The Morgan fingerprint density at radius 1 is 1.44 bits per heavy atom. The van der Waals surface area contributed by atoms with E-state index in [1.165, 1.54) is 12.8 Å². The van der Waals surface area contributed by atoms with Crippen LogP contribution in [0.4, 0.5) is 0 Å². The van der Waals surface area contributed by atoms with E-state index in [1.54, 1.807) is 7.05 Å². The first-order valence-corrected chi connectivity index (χ1v) is 6.68. The summed E-state index contributed by atoms with van der Waals surface area (Å²) in [6.07, 6.45) is 6.17. The summed E-state index contributed by atoms with van der Waals surface area (Å²) in [7, 11) is 1.81. The minimum atomic E-state index is 0.509. The molecular formula is C13H25N5. The number of nitrogens with zero attached hydrogens (tertiary/aromatic N) is 3. The van der Waals surface area contributed by atoms with Crippen molar-refractivity contribution >= 4 is 5.96 Å². The van der Waals surface area contributed by atoms with Crippen LogP contribution in [0, 0.1) is 5.92 Å². The van der Waals surface area contributed by atoms with Gasteiger partial charge >= 0.3 is 0 Å². The molecule has 1 atom stereocenters. The first-order valence-electron chi connectivity index (χ1n) is 6.68. The van der Waals surface area contributed by atoms with Crippen LogP contribution in [0.2, 0.25) is 0 Å². The van der Waals surface area contributed by atoms with E-state index in [4.69, 9.17) is 0 Å². The largest absolute Gasteiger partial charge is 0.356 e. The van der Waals surface area contributed by atoms with Crippen molar-refractivity contribution in [3.05, 3.63) is 18.5 Å². The molecule has 1 unspecified atom stereocenters. The van der Waals surface area contributed by atoms with Crippen molar-refractivity contribution < 1.29 is 0 Å². The van der Waals surface area contributed by atoms with Crippen molar-refractivity contribution in [3.63, 3.8) is 0 Å². The minimum absolute atomic E-state index is 0.509. The number of rotatable bonds is 7. The van der Waals surface area contributed by atoms with Gasteiger partial charge in [0.05, 0.1) is 0 Å². The molecule has 0 amide bonds. The van der Waals surface area contributed by atoms with Gasteiger partial charge in [-0.25, -0.2) is 0 Å². The van der Waals surface area contributed by atoms with E-state index in [0.717, 1.165) is 25.6 Å². The van der Waals surface area contributed by atoms with E-state index in [1.807, 2.05) is 23.1 Å². The summed E-state index contributed by atoms with van der Waals surface area (Å²) in [4.78, 5) is 4.20. The van der Waals surface area contributed by atoms with E-state index in [-0.39, 0.29) is 0 Å². The lowest BCUT2D eigenvalue weighted by molar-refractivity contribution is 0.443. The third-order valence-corrected chi connectivity index (χ3v) is 2.72. The predicted octanol–water partition coefficient (Wildman–Crippen LogP) is 1.48. The zero-order chi connectivity index (χ0) is 13.2. The Labute approximate surface area is 110 Å². The van der Waals surface area contributed by atoms with E-state index in [0.29, 0.717) is 5.92 Å². The summed E-state index contributed by atoms with van der Waals surface area (Å²) in [5.74, 6) is 1.39. The maximum atomic E-state index is 4.21. The molecule has 0 aliphatic heterocycles. The maximum absolute atomic E-state index is 4.21. The molecule has 18 heavy (non-hydrogen) atoms. The van der Waals surface area contributed by atoms with Crippen LogP contribution in [0.15, 0.2) is 23.5 Å². The second-order valence-electron chi connectivity index (χ2n) is 4.57. The molecule has 102 valence electrons. The lowest BCUT2D eigenvalue weighted by Gasteiger charge is -2.16. The van der Waals surface area contributed by atoms with E-state index in [2.05, 4.69) is 34.6 Å². The molecule has 5 nitrogen and oxygen atoms in total. The second kappa shape index (κ2) is 8.55. The monoisotopic (exact) mass is 251 g/mol. The van der Waals surface area contributed by atoms with Crippen LogP contribution in [0.5, 0.6) is 0 Å².